The number of nitrogens with zero attached hydrogens (tertiary/aromatic N) is 2. The fourth-order valence-corrected chi connectivity index (χ4v) is 5.38. The summed E-state index contributed by atoms with van der Waals surface area (Å²) >= 11 is 0.754. The molecule has 2 aromatic carbocycles. The number of carbonyl (C=O) groups excluding carboxylic acids is 3. The molecule has 5 N–H and O–H groups in total. The lowest BCUT2D eigenvalue weighted by Gasteiger charge is -2.33. The van der Waals surface area contributed by atoms with E-state index in [1.54, 1.807) is 18.2 Å². The zero-order valence-corrected chi connectivity index (χ0v) is 23.7. The van der Waals surface area contributed by atoms with Crippen molar-refractivity contribution >= 4 is 40.6 Å². The van der Waals surface area contributed by atoms with Gasteiger partial charge in [-0.05, 0) is 73.1 Å². The summed E-state index contributed by atoms with van der Waals surface area (Å²) in [5.74, 6) is -1.04. The highest BCUT2D eigenvalue weighted by Crippen LogP contribution is 2.38. The summed E-state index contributed by atoms with van der Waals surface area (Å²) in [5.41, 5.74) is 13.8. The number of amides is 3. The van der Waals surface area contributed by atoms with Crippen LogP contribution in [-0.2, 0) is 9.53 Å². The van der Waals surface area contributed by atoms with Crippen LogP contribution in [0.15, 0.2) is 36.4 Å². The summed E-state index contributed by atoms with van der Waals surface area (Å²) in [5, 5.41) is 2.97. The van der Waals surface area contributed by atoms with Crippen LogP contribution in [-0.4, -0.2) is 55.6 Å². The summed E-state index contributed by atoms with van der Waals surface area (Å²) in [6.07, 6.45) is 1.63. The van der Waals surface area contributed by atoms with Gasteiger partial charge in [-0.15, -0.1) is 0 Å². The highest BCUT2D eigenvalue weighted by atomic mass is 32.1. The van der Waals surface area contributed by atoms with E-state index >= 15 is 0 Å². The van der Waals surface area contributed by atoms with Crippen molar-refractivity contribution in [1.29, 1.82) is 0 Å². The second kappa shape index (κ2) is 12.3. The summed E-state index contributed by atoms with van der Waals surface area (Å²) in [6.45, 7) is 4.65. The molecule has 0 unspecified atom stereocenters. The van der Waals surface area contributed by atoms with E-state index in [-0.39, 0.29) is 28.9 Å². The van der Waals surface area contributed by atoms with Crippen LogP contribution in [0.1, 0.15) is 55.7 Å². The molecule has 40 heavy (non-hydrogen) atoms. The van der Waals surface area contributed by atoms with Gasteiger partial charge in [0.25, 0.3) is 11.8 Å². The number of nitrogen functional groups attached to an aromatic ring is 1. The number of aromatic nitrogens is 1. The van der Waals surface area contributed by atoms with Crippen LogP contribution in [0.25, 0.3) is 0 Å². The van der Waals surface area contributed by atoms with Crippen LogP contribution in [0.4, 0.5) is 11.4 Å². The van der Waals surface area contributed by atoms with Crippen molar-refractivity contribution in [3.63, 3.8) is 0 Å². The second-order valence-electron chi connectivity index (χ2n) is 9.50. The molecule has 0 spiro atoms. The largest absolute Gasteiger partial charge is 0.493 e. The zero-order chi connectivity index (χ0) is 29.0. The summed E-state index contributed by atoms with van der Waals surface area (Å²) in [4.78, 5) is 41.6. The van der Waals surface area contributed by atoms with Gasteiger partial charge in [-0.25, -0.2) is 0 Å². The van der Waals surface area contributed by atoms with E-state index in [9.17, 15) is 14.4 Å². The lowest BCUT2D eigenvalue weighted by molar-refractivity contribution is -0.123. The van der Waals surface area contributed by atoms with Crippen molar-refractivity contribution in [3.8, 4) is 11.5 Å². The molecule has 2 atom stereocenters. The average Bonchev–Trinajstić information content (AvgIpc) is 3.61. The lowest BCUT2D eigenvalue weighted by atomic mass is 9.99. The maximum absolute atomic E-state index is 14.3. The number of rotatable bonds is 10. The molecule has 2 heterocycles. The Morgan fingerprint density at radius 3 is 2.52 bits per heavy atom. The molecular formula is C28H33N5O6S. The molecule has 12 heteroatoms. The number of aryl methyl sites for hydroxylation is 2. The Morgan fingerprint density at radius 2 is 1.90 bits per heavy atom. The fourth-order valence-electron chi connectivity index (χ4n) is 4.64. The minimum absolute atomic E-state index is 0.00731. The molecule has 1 aromatic heterocycles. The molecule has 0 saturated carbocycles. The van der Waals surface area contributed by atoms with Gasteiger partial charge in [-0.1, -0.05) is 18.2 Å². The van der Waals surface area contributed by atoms with Crippen molar-refractivity contribution in [2.45, 2.75) is 38.8 Å². The van der Waals surface area contributed by atoms with Crippen LogP contribution in [0, 0.1) is 13.8 Å². The van der Waals surface area contributed by atoms with Gasteiger partial charge in [0.1, 0.15) is 10.9 Å². The first-order valence-corrected chi connectivity index (χ1v) is 13.5. The van der Waals surface area contributed by atoms with E-state index in [2.05, 4.69) is 9.69 Å². The molecule has 3 aromatic rings. The highest BCUT2D eigenvalue weighted by molar-refractivity contribution is 7.09. The second-order valence-corrected chi connectivity index (χ2v) is 10.3. The van der Waals surface area contributed by atoms with Crippen molar-refractivity contribution in [2.24, 2.45) is 5.73 Å². The molecule has 1 saturated heterocycles. The maximum Gasteiger partial charge on any atom is 0.273 e. The topological polar surface area (TPSA) is 159 Å². The Kier molecular flexibility index (Phi) is 8.90. The van der Waals surface area contributed by atoms with Gasteiger partial charge in [-0.3, -0.25) is 19.3 Å². The molecular weight excluding hydrogens is 534 g/mol. The number of hydrogen-bond donors (Lipinski definition) is 3. The van der Waals surface area contributed by atoms with Crippen molar-refractivity contribution in [2.75, 3.05) is 38.0 Å². The smallest absolute Gasteiger partial charge is 0.273 e. The third-order valence-corrected chi connectivity index (χ3v) is 7.61. The van der Waals surface area contributed by atoms with Gasteiger partial charge in [0.15, 0.2) is 17.2 Å². The van der Waals surface area contributed by atoms with Gasteiger partial charge < -0.3 is 31.0 Å². The van der Waals surface area contributed by atoms with Crippen molar-refractivity contribution in [1.82, 2.24) is 9.69 Å². The normalized spacial score (nSPS) is 15.3. The number of hydrogen-bond acceptors (Lipinski definition) is 9. The number of benzene rings is 2. The Hall–Kier alpha value is -4.16. The Balaban J connectivity index is 1.90. The third kappa shape index (κ3) is 5.87. The number of ether oxygens (including phenoxy) is 3. The van der Waals surface area contributed by atoms with Gasteiger partial charge in [0.05, 0.1) is 26.0 Å². The van der Waals surface area contributed by atoms with E-state index in [0.29, 0.717) is 29.4 Å². The number of nitrogens with one attached hydrogen (secondary N) is 1. The maximum atomic E-state index is 14.3. The fraction of sp³-hybridized carbons (Fsp3) is 0.357. The predicted octanol–water partition coefficient (Wildman–Crippen LogP) is 3.14. The van der Waals surface area contributed by atoms with Crippen LogP contribution in [0.3, 0.4) is 0 Å². The monoisotopic (exact) mass is 567 g/mol. The molecule has 0 radical (unpaired) electrons. The van der Waals surface area contributed by atoms with Gasteiger partial charge >= 0.3 is 0 Å². The summed E-state index contributed by atoms with van der Waals surface area (Å²) < 4.78 is 20.6. The summed E-state index contributed by atoms with van der Waals surface area (Å²) in [7, 11) is 3.00. The minimum atomic E-state index is -1.16. The highest BCUT2D eigenvalue weighted by Gasteiger charge is 2.37. The van der Waals surface area contributed by atoms with Gasteiger partial charge in [0.2, 0.25) is 5.91 Å². The van der Waals surface area contributed by atoms with Crippen LogP contribution < -0.4 is 31.2 Å². The van der Waals surface area contributed by atoms with E-state index < -0.39 is 23.8 Å². The third-order valence-electron chi connectivity index (χ3n) is 6.76. The first kappa shape index (κ1) is 28.8. The number of primary amides is 1. The van der Waals surface area contributed by atoms with Crippen LogP contribution in [0.5, 0.6) is 11.5 Å². The molecule has 3 amide bonds. The SMILES string of the molecule is COc1ccc([C@H](C(=O)NC[C@@H]2CCCO2)N(C(=O)c2snc(C(N)=O)c2N)c2cc(C)ccc2C)cc1OC. The predicted molar refractivity (Wildman–Crippen MR) is 152 cm³/mol. The van der Waals surface area contributed by atoms with Crippen LogP contribution >= 0.6 is 11.5 Å². The van der Waals surface area contributed by atoms with Gasteiger partial charge in [-0.2, -0.15) is 4.37 Å². The Labute approximate surface area is 236 Å². The first-order chi connectivity index (χ1) is 19.2. The molecule has 0 aliphatic carbocycles. The lowest BCUT2D eigenvalue weighted by Crippen LogP contribution is -2.46. The molecule has 0 bridgehead atoms. The standard InChI is InChI=1S/C28H33N5O6S/c1-15-7-8-16(2)19(12-15)33(28(36)25-22(29)23(26(30)34)32-40-25)24(27(35)31-14-18-6-5-11-39-18)17-9-10-20(37-3)21(13-17)38-4/h7-10,12-13,18,24H,5-6,11,14,29H2,1-4H3,(H2,30,34)(H,31,35)/t18-,24+/m0/s1. The summed E-state index contributed by atoms with van der Waals surface area (Å²) in [6, 6.07) is 9.47. The van der Waals surface area contributed by atoms with Gasteiger partial charge in [0, 0.05) is 18.8 Å². The number of nitrogens with two attached hydrogens (primary N) is 2. The molecule has 1 aliphatic rings. The molecule has 212 valence electrons. The van der Waals surface area contributed by atoms with E-state index in [0.717, 1.165) is 35.5 Å². The molecule has 1 fully saturated rings. The van der Waals surface area contributed by atoms with E-state index in [1.807, 2.05) is 32.0 Å². The van der Waals surface area contributed by atoms with E-state index in [1.165, 1.54) is 19.1 Å². The number of anilines is 2. The quantitative estimate of drug-likeness (QED) is 0.337. The Morgan fingerprint density at radius 1 is 1.15 bits per heavy atom. The zero-order valence-electron chi connectivity index (χ0n) is 22.9. The average molecular weight is 568 g/mol. The molecule has 1 aliphatic heterocycles. The number of methoxy groups -OCH3 is 2. The minimum Gasteiger partial charge on any atom is -0.493 e. The Bertz CT molecular complexity index is 1420. The van der Waals surface area contributed by atoms with Crippen molar-refractivity contribution in [3.05, 3.63) is 63.7 Å². The van der Waals surface area contributed by atoms with Crippen molar-refractivity contribution < 1.29 is 28.6 Å². The van der Waals surface area contributed by atoms with Crippen LogP contribution in [0.2, 0.25) is 0 Å². The molecule has 11 nitrogen and oxygen atoms in total. The van der Waals surface area contributed by atoms with E-state index in [4.69, 9.17) is 25.7 Å². The number of carbonyl (C=O) groups is 3. The molecule has 4 rings (SSSR count). The first-order valence-electron chi connectivity index (χ1n) is 12.7.